The Bertz CT molecular complexity index is 756. The Balaban J connectivity index is 1.94. The second-order valence-corrected chi connectivity index (χ2v) is 8.25. The van der Waals surface area contributed by atoms with E-state index in [9.17, 15) is 9.59 Å². The molecule has 1 aliphatic heterocycles. The van der Waals surface area contributed by atoms with Crippen LogP contribution in [0.1, 0.15) is 32.8 Å². The predicted molar refractivity (Wildman–Crippen MR) is 113 cm³/mol. The fourth-order valence-electron chi connectivity index (χ4n) is 2.42. The molecule has 0 saturated carbocycles. The van der Waals surface area contributed by atoms with Crippen molar-refractivity contribution in [3.63, 3.8) is 0 Å². The molecule has 2 N–H and O–H groups in total. The molecule has 1 atom stereocenters. The van der Waals surface area contributed by atoms with E-state index in [0.717, 1.165) is 16.9 Å². The molecule has 2 rings (SSSR count). The monoisotopic (exact) mass is 405 g/mol. The van der Waals surface area contributed by atoms with E-state index in [4.69, 9.17) is 9.47 Å². The van der Waals surface area contributed by atoms with Crippen LogP contribution in [0.3, 0.4) is 0 Å². The number of hydrazone groups is 1. The number of benzene rings is 1. The number of carbonyl (C=O) groups excluding carboxylic acids is 2. The molecule has 0 aromatic heterocycles. The van der Waals surface area contributed by atoms with Crippen molar-refractivity contribution < 1.29 is 19.1 Å². The first kappa shape index (κ1) is 21.8. The minimum atomic E-state index is -0.725. The lowest BCUT2D eigenvalue weighted by Crippen LogP contribution is -2.47. The van der Waals surface area contributed by atoms with Crippen molar-refractivity contribution in [2.24, 2.45) is 5.10 Å². The molecule has 0 aliphatic carbocycles. The number of nitrogens with zero attached hydrogens (tertiary/aromatic N) is 1. The molecule has 0 fully saturated rings. The third-order valence-corrected chi connectivity index (χ3v) is 4.32. The van der Waals surface area contributed by atoms with Crippen molar-refractivity contribution >= 4 is 36.1 Å². The highest BCUT2D eigenvalue weighted by molar-refractivity contribution is 7.98. The number of carbonyl (C=O) groups is 2. The summed E-state index contributed by atoms with van der Waals surface area (Å²) in [4.78, 5) is 24.4. The van der Waals surface area contributed by atoms with Crippen LogP contribution in [-0.2, 0) is 9.53 Å². The maximum atomic E-state index is 12.4. The van der Waals surface area contributed by atoms with Crippen LogP contribution in [0.15, 0.2) is 34.9 Å². The lowest BCUT2D eigenvalue weighted by Gasteiger charge is -2.22. The molecule has 0 radical (unpaired) electrons. The summed E-state index contributed by atoms with van der Waals surface area (Å²) in [6.45, 7) is 5.69. The van der Waals surface area contributed by atoms with E-state index in [1.807, 2.05) is 36.6 Å². The number of fused-ring (bicyclic) bond motifs is 1. The molecule has 152 valence electrons. The number of ether oxygens (including phenoxy) is 2. The van der Waals surface area contributed by atoms with Crippen LogP contribution in [-0.4, -0.2) is 48.5 Å². The van der Waals surface area contributed by atoms with Crippen molar-refractivity contribution in [1.29, 1.82) is 0 Å². The number of hydrogen-bond donors (Lipinski definition) is 2. The summed E-state index contributed by atoms with van der Waals surface area (Å²) in [5, 5.41) is 6.62. The molecule has 0 spiro atoms. The number of amides is 2. The van der Waals surface area contributed by atoms with Gasteiger partial charge in [-0.1, -0.05) is 18.2 Å². The number of nitrogens with one attached hydrogen (secondary N) is 2. The van der Waals surface area contributed by atoms with Gasteiger partial charge in [0.1, 0.15) is 24.0 Å². The second kappa shape index (κ2) is 10.2. The fourth-order valence-corrected chi connectivity index (χ4v) is 2.89. The predicted octanol–water partition coefficient (Wildman–Crippen LogP) is 3.21. The van der Waals surface area contributed by atoms with E-state index in [0.29, 0.717) is 18.8 Å². The molecule has 0 unspecified atom stereocenters. The Labute approximate surface area is 169 Å². The number of rotatable bonds is 7. The Kier molecular flexibility index (Phi) is 7.92. The van der Waals surface area contributed by atoms with Gasteiger partial charge in [-0.2, -0.15) is 16.9 Å². The first-order valence-electron chi connectivity index (χ1n) is 9.02. The highest BCUT2D eigenvalue weighted by Gasteiger charge is 2.24. The van der Waals surface area contributed by atoms with Gasteiger partial charge in [0.05, 0.1) is 6.21 Å². The molecule has 2 amide bonds. The first-order valence-corrected chi connectivity index (χ1v) is 10.4. The van der Waals surface area contributed by atoms with Gasteiger partial charge in [0, 0.05) is 11.1 Å². The Hall–Kier alpha value is -2.48. The third kappa shape index (κ3) is 7.26. The quantitative estimate of drug-likeness (QED) is 0.537. The van der Waals surface area contributed by atoms with Crippen LogP contribution in [0.25, 0.3) is 6.08 Å². The largest absolute Gasteiger partial charge is 0.488 e. The molecule has 1 aromatic carbocycles. The van der Waals surface area contributed by atoms with Crippen molar-refractivity contribution in [2.75, 3.05) is 18.6 Å². The van der Waals surface area contributed by atoms with Crippen molar-refractivity contribution in [1.82, 2.24) is 10.7 Å². The fraction of sp³-hybridized carbons (Fsp3) is 0.450. The summed E-state index contributed by atoms with van der Waals surface area (Å²) in [5.74, 6) is 1.14. The summed E-state index contributed by atoms with van der Waals surface area (Å²) in [6.07, 6.45) is 5.29. The summed E-state index contributed by atoms with van der Waals surface area (Å²) >= 11 is 1.59. The minimum absolute atomic E-state index is 0.377. The topological polar surface area (TPSA) is 89.0 Å². The summed E-state index contributed by atoms with van der Waals surface area (Å²) < 4.78 is 10.9. The zero-order valence-electron chi connectivity index (χ0n) is 16.7. The highest BCUT2D eigenvalue weighted by atomic mass is 32.2. The summed E-state index contributed by atoms with van der Waals surface area (Å²) in [6, 6.07) is 6.97. The third-order valence-electron chi connectivity index (χ3n) is 3.68. The van der Waals surface area contributed by atoms with Crippen LogP contribution in [0.2, 0.25) is 0 Å². The van der Waals surface area contributed by atoms with Gasteiger partial charge in [0.25, 0.3) is 5.91 Å². The van der Waals surface area contributed by atoms with E-state index in [1.54, 1.807) is 38.7 Å². The van der Waals surface area contributed by atoms with Crippen molar-refractivity contribution in [3.8, 4) is 5.75 Å². The van der Waals surface area contributed by atoms with E-state index in [2.05, 4.69) is 15.8 Å². The van der Waals surface area contributed by atoms with E-state index < -0.39 is 23.6 Å². The van der Waals surface area contributed by atoms with Crippen LogP contribution >= 0.6 is 11.8 Å². The van der Waals surface area contributed by atoms with Gasteiger partial charge in [-0.3, -0.25) is 4.79 Å². The number of alkyl carbamates (subject to hydrolysis) is 1. The van der Waals surface area contributed by atoms with Crippen LogP contribution in [0.4, 0.5) is 4.79 Å². The van der Waals surface area contributed by atoms with Crippen molar-refractivity contribution in [2.45, 2.75) is 38.8 Å². The Morgan fingerprint density at radius 1 is 1.36 bits per heavy atom. The van der Waals surface area contributed by atoms with E-state index in [1.165, 1.54) is 0 Å². The number of hydrogen-bond acceptors (Lipinski definition) is 6. The second-order valence-electron chi connectivity index (χ2n) is 7.26. The standard InChI is InChI=1S/C20H27N3O4S/c1-20(2,3)27-19(25)22-16(9-10-28-4)18(24)23-21-12-14-11-15-7-5-6-8-17(15)26-13-14/h5-8,11-12,16H,9-10,13H2,1-4H3,(H,22,25)(H,23,24)/t16-/m0/s1. The van der Waals surface area contributed by atoms with Gasteiger partial charge in [0.15, 0.2) is 0 Å². The lowest BCUT2D eigenvalue weighted by atomic mass is 10.1. The molecule has 7 nitrogen and oxygen atoms in total. The van der Waals surface area contributed by atoms with E-state index in [-0.39, 0.29) is 0 Å². The molecule has 1 aliphatic rings. The van der Waals surface area contributed by atoms with Crippen LogP contribution in [0, 0.1) is 0 Å². The average Bonchev–Trinajstić information content (AvgIpc) is 2.63. The van der Waals surface area contributed by atoms with Gasteiger partial charge in [0.2, 0.25) is 0 Å². The molecule has 1 heterocycles. The lowest BCUT2D eigenvalue weighted by molar-refractivity contribution is -0.123. The molecule has 28 heavy (non-hydrogen) atoms. The number of para-hydroxylation sites is 1. The van der Waals surface area contributed by atoms with Gasteiger partial charge < -0.3 is 14.8 Å². The van der Waals surface area contributed by atoms with Crippen LogP contribution < -0.4 is 15.5 Å². The highest BCUT2D eigenvalue weighted by Crippen LogP contribution is 2.24. The van der Waals surface area contributed by atoms with E-state index >= 15 is 0 Å². The van der Waals surface area contributed by atoms with Gasteiger partial charge in [-0.25, -0.2) is 10.2 Å². The molecule has 0 bridgehead atoms. The average molecular weight is 406 g/mol. The first-order chi connectivity index (χ1) is 13.3. The smallest absolute Gasteiger partial charge is 0.408 e. The van der Waals surface area contributed by atoms with Gasteiger partial charge in [-0.05, 0) is 51.3 Å². The molecular formula is C20H27N3O4S. The minimum Gasteiger partial charge on any atom is -0.488 e. The maximum Gasteiger partial charge on any atom is 0.408 e. The zero-order chi connectivity index (χ0) is 20.6. The van der Waals surface area contributed by atoms with Gasteiger partial charge >= 0.3 is 6.09 Å². The molecule has 1 aromatic rings. The summed E-state index contributed by atoms with van der Waals surface area (Å²) in [5.41, 5.74) is 3.65. The van der Waals surface area contributed by atoms with Crippen LogP contribution in [0.5, 0.6) is 5.75 Å². The molecular weight excluding hydrogens is 378 g/mol. The summed E-state index contributed by atoms with van der Waals surface area (Å²) in [7, 11) is 0. The zero-order valence-corrected chi connectivity index (χ0v) is 17.5. The maximum absolute atomic E-state index is 12.4. The van der Waals surface area contributed by atoms with Crippen molar-refractivity contribution in [3.05, 3.63) is 35.4 Å². The van der Waals surface area contributed by atoms with Gasteiger partial charge in [-0.15, -0.1) is 0 Å². The number of thioether (sulfide) groups is 1. The molecule has 8 heteroatoms. The Morgan fingerprint density at radius 3 is 2.82 bits per heavy atom. The normalized spacial score (nSPS) is 14.5. The Morgan fingerprint density at radius 2 is 2.11 bits per heavy atom. The molecule has 0 saturated heterocycles. The SMILES string of the molecule is CSCC[C@H](NC(=O)OC(C)(C)C)C(=O)NN=CC1=Cc2ccccc2OC1.